The number of hydrogen-bond donors (Lipinski definition) is 4. The lowest BCUT2D eigenvalue weighted by atomic mass is 9.80. The molecule has 4 N–H and O–H groups in total. The van der Waals surface area contributed by atoms with Crippen molar-refractivity contribution in [1.29, 1.82) is 0 Å². The molecule has 0 spiro atoms. The van der Waals surface area contributed by atoms with E-state index in [0.717, 1.165) is 160 Å². The molecule has 0 unspecified atom stereocenters. The number of benzene rings is 9. The zero-order chi connectivity index (χ0) is 85.6. The molecule has 0 aromatic heterocycles. The average Bonchev–Trinajstić information content (AvgIpc) is 0.670. The highest BCUT2D eigenvalue weighted by atomic mass is 16.5. The minimum Gasteiger partial charge on any atom is -0.457 e. The van der Waals surface area contributed by atoms with Gasteiger partial charge in [-0.3, -0.25) is 57.7 Å². The fraction of sp³-hybridized carbons (Fsp3) is 0.380. The summed E-state index contributed by atoms with van der Waals surface area (Å²) in [6.45, 7) is 21.8. The Balaban J connectivity index is 1.00. The molecule has 9 aromatic carbocycles. The minimum atomic E-state index is -0.764. The van der Waals surface area contributed by atoms with Crippen molar-refractivity contribution in [3.8, 4) is 46.0 Å². The van der Waals surface area contributed by atoms with E-state index in [1.165, 1.54) is 0 Å². The molecule has 122 heavy (non-hydrogen) atoms. The first-order valence-electron chi connectivity index (χ1n) is 43.5. The molecule has 4 saturated carbocycles. The summed E-state index contributed by atoms with van der Waals surface area (Å²) in [6.07, 6.45) is 19.9. The van der Waals surface area contributed by atoms with Crippen molar-refractivity contribution in [2.24, 2.45) is 0 Å². The summed E-state index contributed by atoms with van der Waals surface area (Å²) in [5.74, 6) is -3.48. The summed E-state index contributed by atoms with van der Waals surface area (Å²) in [6, 6.07) is 35.1. The third kappa shape index (κ3) is 18.1. The fourth-order valence-corrected chi connectivity index (χ4v) is 18.8. The van der Waals surface area contributed by atoms with Crippen molar-refractivity contribution >= 4 is 102 Å². The van der Waals surface area contributed by atoms with E-state index < -0.39 is 36.7 Å². The standard InChI is InChI=1S/C100H108N8O14/c1-59(2)93(111)101-49-45-63-29-37-71(38-30-63)119-79-53-75-85-76(98(116)105(97(75)115)57-83(109)107(67-21-13-9-14-22-67)68-23-15-10-16-24-68)55-81(121-73-41-33-65(34-42-73)47-51-103-95(113)61(5)6)89-90-82(122-74-43-35-66(36-44-74)48-52-104-96(114)62(7)8)56-78-86-77(99(117)106(100(78)118)58-84(110)108(69-25-17-11-18-26-69)70-27-19-12-20-28-70)54-80(88(92(86)90)87(79)91(85)89)120-72-39-31-64(32-40-72)46-50-102-94(112)60(3)4/h29-44,53-56,67-70H,1,3,5,7,9-28,45-52,57-58H2,2,4,6,8H3,(H,101,111)(H,102,112)(H,103,113)(H,104,114). The molecule has 22 nitrogen and oxygen atoms in total. The van der Waals surface area contributed by atoms with Gasteiger partial charge < -0.3 is 50.0 Å². The molecule has 4 aliphatic carbocycles. The van der Waals surface area contributed by atoms with Gasteiger partial charge >= 0.3 is 0 Å². The third-order valence-electron chi connectivity index (χ3n) is 25.1. The van der Waals surface area contributed by atoms with E-state index in [2.05, 4.69) is 47.6 Å². The normalized spacial score (nSPS) is 15.9. The second-order valence-corrected chi connectivity index (χ2v) is 34.0. The number of nitrogens with zero attached hydrogens (tertiary/aromatic N) is 4. The van der Waals surface area contributed by atoms with Crippen LogP contribution in [-0.2, 0) is 54.5 Å². The maximum absolute atomic E-state index is 16.5. The lowest BCUT2D eigenvalue weighted by Crippen LogP contribution is -2.54. The van der Waals surface area contributed by atoms with Gasteiger partial charge in [0.2, 0.25) is 35.4 Å². The third-order valence-corrected chi connectivity index (χ3v) is 25.1. The summed E-state index contributed by atoms with van der Waals surface area (Å²) in [5, 5.41) is 13.4. The van der Waals surface area contributed by atoms with Crippen LogP contribution in [0.15, 0.2) is 170 Å². The molecule has 6 aliphatic rings. The average molecular weight is 1650 g/mol. The predicted octanol–water partition coefficient (Wildman–Crippen LogP) is 18.0. The first kappa shape index (κ1) is 84.6. The predicted molar refractivity (Wildman–Crippen MR) is 472 cm³/mol. The van der Waals surface area contributed by atoms with Crippen LogP contribution < -0.4 is 40.2 Å². The van der Waals surface area contributed by atoms with Crippen LogP contribution in [0.5, 0.6) is 46.0 Å². The van der Waals surface area contributed by atoms with Crippen LogP contribution in [0, 0.1) is 0 Å². The van der Waals surface area contributed by atoms with Gasteiger partial charge in [-0.05, 0) is 200 Å². The zero-order valence-electron chi connectivity index (χ0n) is 70.4. The molecule has 2 aliphatic heterocycles. The van der Waals surface area contributed by atoms with Gasteiger partial charge in [0.1, 0.15) is 59.1 Å². The molecular weight excluding hydrogens is 1540 g/mol. The first-order valence-corrected chi connectivity index (χ1v) is 43.5. The van der Waals surface area contributed by atoms with Crippen LogP contribution in [0.2, 0.25) is 0 Å². The second-order valence-electron chi connectivity index (χ2n) is 34.0. The number of carbonyl (C=O) groups excluding carboxylic acids is 10. The first-order chi connectivity index (χ1) is 59.0. The highest BCUT2D eigenvalue weighted by Gasteiger charge is 2.45. The molecule has 0 bridgehead atoms. The number of nitrogens with one attached hydrogen (secondary N) is 4. The Morgan fingerprint density at radius 1 is 0.311 bits per heavy atom. The summed E-state index contributed by atoms with van der Waals surface area (Å²) in [4.78, 5) is 154. The molecular formula is C100H108N8O14. The van der Waals surface area contributed by atoms with Gasteiger partial charge in [0.05, 0.1) is 22.3 Å². The molecule has 4 fully saturated rings. The van der Waals surface area contributed by atoms with Crippen molar-refractivity contribution in [1.82, 2.24) is 40.9 Å². The van der Waals surface area contributed by atoms with Crippen molar-refractivity contribution in [3.63, 3.8) is 0 Å². The Hall–Kier alpha value is -12.5. The summed E-state index contributed by atoms with van der Waals surface area (Å²) < 4.78 is 29.5. The molecule has 0 radical (unpaired) electrons. The van der Waals surface area contributed by atoms with Crippen LogP contribution >= 0.6 is 0 Å². The van der Waals surface area contributed by atoms with Crippen LogP contribution in [0.25, 0.3) is 43.1 Å². The Morgan fingerprint density at radius 2 is 0.516 bits per heavy atom. The monoisotopic (exact) mass is 1640 g/mol. The summed E-state index contributed by atoms with van der Waals surface area (Å²) in [7, 11) is 0. The number of fused-ring (bicyclic) bond motifs is 2. The molecule has 15 rings (SSSR count). The van der Waals surface area contributed by atoms with Crippen molar-refractivity contribution in [2.45, 2.75) is 206 Å². The van der Waals surface area contributed by atoms with E-state index >= 15 is 28.8 Å². The molecule has 22 heteroatoms. The van der Waals surface area contributed by atoms with E-state index in [1.807, 2.05) is 58.3 Å². The highest BCUT2D eigenvalue weighted by molar-refractivity contribution is 6.45. The number of ether oxygens (including phenoxy) is 4. The Morgan fingerprint density at radius 3 is 0.713 bits per heavy atom. The fourth-order valence-electron chi connectivity index (χ4n) is 18.8. The summed E-state index contributed by atoms with van der Waals surface area (Å²) >= 11 is 0. The van der Waals surface area contributed by atoms with Crippen LogP contribution in [0.3, 0.4) is 0 Å². The summed E-state index contributed by atoms with van der Waals surface area (Å²) in [5.41, 5.74) is 4.88. The molecule has 0 saturated heterocycles. The number of rotatable bonds is 32. The van der Waals surface area contributed by atoms with E-state index in [1.54, 1.807) is 100 Å². The highest BCUT2D eigenvalue weighted by Crippen LogP contribution is 2.58. The Bertz CT molecular complexity index is 4990. The van der Waals surface area contributed by atoms with Crippen molar-refractivity contribution < 1.29 is 66.9 Å². The number of imide groups is 2. The van der Waals surface area contributed by atoms with Crippen molar-refractivity contribution in [3.05, 3.63) is 214 Å². The maximum atomic E-state index is 16.5. The van der Waals surface area contributed by atoms with Crippen molar-refractivity contribution in [2.75, 3.05) is 39.3 Å². The van der Waals surface area contributed by atoms with Crippen LogP contribution in [0.1, 0.15) is 220 Å². The molecule has 632 valence electrons. The maximum Gasteiger partial charge on any atom is 0.262 e. The molecule has 10 amide bonds. The molecule has 9 aromatic rings. The quantitative estimate of drug-likeness (QED) is 0.0132. The van der Waals surface area contributed by atoms with Gasteiger partial charge in [0, 0.05) is 116 Å². The van der Waals surface area contributed by atoms with Gasteiger partial charge in [-0.15, -0.1) is 0 Å². The zero-order valence-corrected chi connectivity index (χ0v) is 70.4. The van der Waals surface area contributed by atoms with E-state index in [4.69, 9.17) is 18.9 Å². The van der Waals surface area contributed by atoms with E-state index in [9.17, 15) is 19.2 Å². The number of carbonyl (C=O) groups is 10. The van der Waals surface area contributed by atoms with Gasteiger partial charge in [0.25, 0.3) is 23.6 Å². The smallest absolute Gasteiger partial charge is 0.262 e. The largest absolute Gasteiger partial charge is 0.457 e. The lowest BCUT2D eigenvalue weighted by molar-refractivity contribution is -0.139. The van der Waals surface area contributed by atoms with Gasteiger partial charge in [-0.1, -0.05) is 152 Å². The Labute approximate surface area is 711 Å². The number of amides is 10. The van der Waals surface area contributed by atoms with E-state index in [0.29, 0.717) is 74.2 Å². The molecule has 2 heterocycles. The number of hydrogen-bond acceptors (Lipinski definition) is 14. The SMILES string of the molecule is C=C(C)C(=O)NCCc1ccc(Oc2cc3c4c(cc(Oc5ccc(CCNC(=O)C(=C)C)cc5)c5c6c(Oc7ccc(CCNC(=O)C(=C)C)cc7)cc7c8c(cc(Oc9ccc(CCNC(=O)C(=C)C)cc9)c(c2c45)c86)C(=O)N(CC(=O)N(C2CCCCC2)C2CCCCC2)C7=O)C(=O)N(CC(=O)N(C2CCCCC2)C2CCCCC2)C3=O)cc1. The van der Waals surface area contributed by atoms with Crippen LogP contribution in [-0.4, -0.2) is 142 Å². The Kier molecular flexibility index (Phi) is 25.8. The topological polar surface area (TPSA) is 269 Å². The van der Waals surface area contributed by atoms with Gasteiger partial charge in [0.15, 0.2) is 0 Å². The van der Waals surface area contributed by atoms with E-state index in [-0.39, 0.29) is 171 Å². The molecule has 0 atom stereocenters. The second kappa shape index (κ2) is 37.3. The van der Waals surface area contributed by atoms with Gasteiger partial charge in [-0.2, -0.15) is 0 Å². The van der Waals surface area contributed by atoms with Crippen LogP contribution in [0.4, 0.5) is 0 Å². The van der Waals surface area contributed by atoms with Gasteiger partial charge in [-0.25, -0.2) is 0 Å². The lowest BCUT2D eigenvalue weighted by Gasteiger charge is -2.42. The minimum absolute atomic E-state index is 0.00834.